The SMILES string of the molecule is Cc1ncsc1CCN1CCCCCC1CC(C)O. The molecule has 0 bridgehead atoms. The molecule has 2 unspecified atom stereocenters. The first kappa shape index (κ1) is 14.9. The molecule has 1 aliphatic rings. The molecule has 0 aromatic carbocycles. The molecule has 0 radical (unpaired) electrons. The van der Waals surface area contributed by atoms with E-state index in [-0.39, 0.29) is 6.10 Å². The molecule has 19 heavy (non-hydrogen) atoms. The Labute approximate surface area is 120 Å². The molecule has 1 aromatic rings. The lowest BCUT2D eigenvalue weighted by Crippen LogP contribution is -2.38. The van der Waals surface area contributed by atoms with Gasteiger partial charge in [-0.05, 0) is 46.1 Å². The summed E-state index contributed by atoms with van der Waals surface area (Å²) in [6.07, 6.45) is 7.04. The molecule has 0 aliphatic carbocycles. The molecule has 0 amide bonds. The van der Waals surface area contributed by atoms with E-state index >= 15 is 0 Å². The average Bonchev–Trinajstić information content (AvgIpc) is 2.64. The summed E-state index contributed by atoms with van der Waals surface area (Å²) in [7, 11) is 0. The van der Waals surface area contributed by atoms with E-state index in [0.29, 0.717) is 6.04 Å². The third kappa shape index (κ3) is 4.55. The summed E-state index contributed by atoms with van der Waals surface area (Å²) >= 11 is 1.77. The van der Waals surface area contributed by atoms with E-state index in [4.69, 9.17) is 0 Å². The second-order valence-electron chi connectivity index (χ2n) is 5.73. The maximum atomic E-state index is 9.68. The Hall–Kier alpha value is -0.450. The highest BCUT2D eigenvalue weighted by atomic mass is 32.1. The third-order valence-corrected chi connectivity index (χ3v) is 5.08. The number of aryl methyl sites for hydroxylation is 1. The number of hydrogen-bond donors (Lipinski definition) is 1. The van der Waals surface area contributed by atoms with Gasteiger partial charge in [-0.1, -0.05) is 12.8 Å². The molecule has 1 aliphatic heterocycles. The van der Waals surface area contributed by atoms with Crippen LogP contribution < -0.4 is 0 Å². The lowest BCUT2D eigenvalue weighted by molar-refractivity contribution is 0.113. The molecule has 1 saturated heterocycles. The predicted octanol–water partition coefficient (Wildman–Crippen LogP) is 3.01. The van der Waals surface area contributed by atoms with Crippen LogP contribution in [0.3, 0.4) is 0 Å². The van der Waals surface area contributed by atoms with E-state index < -0.39 is 0 Å². The molecular formula is C15H26N2OS. The number of nitrogens with zero attached hydrogens (tertiary/aromatic N) is 2. The maximum absolute atomic E-state index is 9.68. The van der Waals surface area contributed by atoms with Crippen LogP contribution in [-0.2, 0) is 6.42 Å². The van der Waals surface area contributed by atoms with Crippen molar-refractivity contribution in [3.05, 3.63) is 16.1 Å². The standard InChI is InChI=1S/C15H26N2OS/c1-12(18)10-14-6-4-3-5-8-17(14)9-7-15-13(2)16-11-19-15/h11-12,14,18H,3-10H2,1-2H3. The highest BCUT2D eigenvalue weighted by molar-refractivity contribution is 7.09. The highest BCUT2D eigenvalue weighted by Crippen LogP contribution is 2.22. The van der Waals surface area contributed by atoms with Gasteiger partial charge >= 0.3 is 0 Å². The smallest absolute Gasteiger partial charge is 0.0797 e. The van der Waals surface area contributed by atoms with Crippen molar-refractivity contribution in [3.8, 4) is 0 Å². The van der Waals surface area contributed by atoms with Crippen LogP contribution in [0, 0.1) is 6.92 Å². The van der Waals surface area contributed by atoms with Gasteiger partial charge in [-0.25, -0.2) is 4.98 Å². The summed E-state index contributed by atoms with van der Waals surface area (Å²) in [6.45, 7) is 6.31. The van der Waals surface area contributed by atoms with Crippen molar-refractivity contribution in [2.45, 2.75) is 64.5 Å². The first-order chi connectivity index (χ1) is 9.16. The zero-order valence-electron chi connectivity index (χ0n) is 12.1. The molecule has 3 nitrogen and oxygen atoms in total. The quantitative estimate of drug-likeness (QED) is 0.902. The molecule has 1 aromatic heterocycles. The minimum Gasteiger partial charge on any atom is -0.393 e. The largest absolute Gasteiger partial charge is 0.393 e. The van der Waals surface area contributed by atoms with Gasteiger partial charge in [0.2, 0.25) is 0 Å². The zero-order valence-corrected chi connectivity index (χ0v) is 13.0. The zero-order chi connectivity index (χ0) is 13.7. The summed E-state index contributed by atoms with van der Waals surface area (Å²) in [6, 6.07) is 0.565. The Morgan fingerprint density at radius 3 is 3.00 bits per heavy atom. The van der Waals surface area contributed by atoms with Crippen molar-refractivity contribution >= 4 is 11.3 Å². The number of aromatic nitrogens is 1. The van der Waals surface area contributed by atoms with Gasteiger partial charge in [0.05, 0.1) is 17.3 Å². The fourth-order valence-electron chi connectivity index (χ4n) is 3.00. The van der Waals surface area contributed by atoms with E-state index in [1.807, 2.05) is 12.4 Å². The van der Waals surface area contributed by atoms with Gasteiger partial charge < -0.3 is 5.11 Å². The highest BCUT2D eigenvalue weighted by Gasteiger charge is 2.22. The molecule has 2 rings (SSSR count). The topological polar surface area (TPSA) is 36.4 Å². The Bertz CT molecular complexity index is 378. The molecule has 0 spiro atoms. The van der Waals surface area contributed by atoms with Crippen LogP contribution in [0.2, 0.25) is 0 Å². The lowest BCUT2D eigenvalue weighted by Gasteiger charge is -2.30. The summed E-state index contributed by atoms with van der Waals surface area (Å²) in [5, 5.41) is 9.68. The Morgan fingerprint density at radius 2 is 2.32 bits per heavy atom. The van der Waals surface area contributed by atoms with Crippen molar-refractivity contribution in [2.24, 2.45) is 0 Å². The Kier molecular flexibility index (Phi) is 5.79. The Morgan fingerprint density at radius 1 is 1.47 bits per heavy atom. The Balaban J connectivity index is 1.92. The molecule has 2 heterocycles. The summed E-state index contributed by atoms with van der Waals surface area (Å²) in [4.78, 5) is 8.34. The summed E-state index contributed by atoms with van der Waals surface area (Å²) < 4.78 is 0. The number of aliphatic hydroxyl groups is 1. The number of likely N-dealkylation sites (tertiary alicyclic amines) is 1. The number of rotatable bonds is 5. The van der Waals surface area contributed by atoms with Crippen LogP contribution >= 0.6 is 11.3 Å². The van der Waals surface area contributed by atoms with Crippen molar-refractivity contribution in [1.82, 2.24) is 9.88 Å². The first-order valence-corrected chi connectivity index (χ1v) is 8.36. The number of hydrogen-bond acceptors (Lipinski definition) is 4. The van der Waals surface area contributed by atoms with Gasteiger partial charge in [0.15, 0.2) is 0 Å². The lowest BCUT2D eigenvalue weighted by atomic mass is 10.0. The normalized spacial score (nSPS) is 23.2. The van der Waals surface area contributed by atoms with Crippen LogP contribution in [0.5, 0.6) is 0 Å². The molecule has 4 heteroatoms. The van der Waals surface area contributed by atoms with Crippen molar-refractivity contribution in [2.75, 3.05) is 13.1 Å². The monoisotopic (exact) mass is 282 g/mol. The van der Waals surface area contributed by atoms with E-state index in [0.717, 1.165) is 19.4 Å². The molecule has 2 atom stereocenters. The molecule has 0 saturated carbocycles. The van der Waals surface area contributed by atoms with Crippen LogP contribution in [-0.4, -0.2) is 40.2 Å². The van der Waals surface area contributed by atoms with Crippen LogP contribution in [0.15, 0.2) is 5.51 Å². The molecule has 1 N–H and O–H groups in total. The van der Waals surface area contributed by atoms with E-state index in [9.17, 15) is 5.11 Å². The van der Waals surface area contributed by atoms with Gasteiger partial charge in [0.1, 0.15) is 0 Å². The van der Waals surface area contributed by atoms with Crippen molar-refractivity contribution in [3.63, 3.8) is 0 Å². The second-order valence-corrected chi connectivity index (χ2v) is 6.67. The second kappa shape index (κ2) is 7.36. The van der Waals surface area contributed by atoms with Gasteiger partial charge in [-0.2, -0.15) is 0 Å². The van der Waals surface area contributed by atoms with Gasteiger partial charge in [0.25, 0.3) is 0 Å². The van der Waals surface area contributed by atoms with E-state index in [2.05, 4.69) is 16.8 Å². The maximum Gasteiger partial charge on any atom is 0.0797 e. The van der Waals surface area contributed by atoms with Crippen molar-refractivity contribution < 1.29 is 5.11 Å². The fourth-order valence-corrected chi connectivity index (χ4v) is 3.77. The third-order valence-electron chi connectivity index (χ3n) is 4.08. The van der Waals surface area contributed by atoms with Gasteiger partial charge in [0, 0.05) is 17.5 Å². The van der Waals surface area contributed by atoms with E-state index in [1.54, 1.807) is 11.3 Å². The van der Waals surface area contributed by atoms with E-state index in [1.165, 1.54) is 42.8 Å². The average molecular weight is 282 g/mol. The predicted molar refractivity (Wildman–Crippen MR) is 80.7 cm³/mol. The van der Waals surface area contributed by atoms with Crippen molar-refractivity contribution in [1.29, 1.82) is 0 Å². The van der Waals surface area contributed by atoms with Gasteiger partial charge in [-0.15, -0.1) is 11.3 Å². The number of thiazole rings is 1. The first-order valence-electron chi connectivity index (χ1n) is 7.48. The number of aliphatic hydroxyl groups excluding tert-OH is 1. The summed E-state index contributed by atoms with van der Waals surface area (Å²) in [5.41, 5.74) is 3.13. The summed E-state index contributed by atoms with van der Waals surface area (Å²) in [5.74, 6) is 0. The minimum atomic E-state index is -0.184. The van der Waals surface area contributed by atoms with Crippen LogP contribution in [0.1, 0.15) is 49.6 Å². The minimum absolute atomic E-state index is 0.184. The van der Waals surface area contributed by atoms with Crippen LogP contribution in [0.25, 0.3) is 0 Å². The van der Waals surface area contributed by atoms with Crippen LogP contribution in [0.4, 0.5) is 0 Å². The molecular weight excluding hydrogens is 256 g/mol. The fraction of sp³-hybridized carbons (Fsp3) is 0.800. The molecule has 108 valence electrons. The van der Waals surface area contributed by atoms with Gasteiger partial charge in [-0.3, -0.25) is 4.90 Å². The molecule has 1 fully saturated rings.